The summed E-state index contributed by atoms with van der Waals surface area (Å²) < 4.78 is 3.84. The van der Waals surface area contributed by atoms with Gasteiger partial charge in [-0.15, -0.1) is 4.33 Å². The lowest BCUT2D eigenvalue weighted by atomic mass is 10.9. The van der Waals surface area contributed by atoms with Crippen LogP contribution >= 0.6 is 12.0 Å². The second kappa shape index (κ2) is 5.01. The maximum atomic E-state index is 9.94. The molecular formula is C2H4O5S. The largest absolute Gasteiger partial charge is 0.285 e. The Hall–Kier alpha value is -0.140. The van der Waals surface area contributed by atoms with Crippen molar-refractivity contribution in [3.05, 3.63) is 0 Å². The van der Waals surface area contributed by atoms with E-state index in [0.29, 0.717) is 12.0 Å². The number of hydrogen-bond acceptors (Lipinski definition) is 6. The molecular weight excluding hydrogens is 136 g/mol. The van der Waals surface area contributed by atoms with Crippen molar-refractivity contribution in [2.75, 3.05) is 0 Å². The smallest absolute Gasteiger partial charge is 0.215 e. The van der Waals surface area contributed by atoms with Crippen LogP contribution in [0.1, 0.15) is 6.92 Å². The van der Waals surface area contributed by atoms with Crippen molar-refractivity contribution in [2.45, 2.75) is 6.92 Å². The first-order valence-corrected chi connectivity index (χ1v) is 2.33. The van der Waals surface area contributed by atoms with Gasteiger partial charge < -0.3 is 0 Å². The average molecular weight is 140 g/mol. The number of hydrogen-bond donors (Lipinski definition) is 1. The third-order valence-corrected chi connectivity index (χ3v) is 0.568. The van der Waals surface area contributed by atoms with Crippen LogP contribution in [-0.2, 0) is 19.2 Å². The van der Waals surface area contributed by atoms with Gasteiger partial charge in [0.1, 0.15) is 12.0 Å². The van der Waals surface area contributed by atoms with E-state index in [-0.39, 0.29) is 5.12 Å². The third-order valence-electron chi connectivity index (χ3n) is 0.210. The van der Waals surface area contributed by atoms with Crippen molar-refractivity contribution in [3.63, 3.8) is 0 Å². The van der Waals surface area contributed by atoms with Crippen LogP contribution in [0.4, 0.5) is 0 Å². The highest BCUT2D eigenvalue weighted by Gasteiger charge is 1.93. The molecule has 0 aliphatic carbocycles. The molecule has 6 heteroatoms. The van der Waals surface area contributed by atoms with Crippen LogP contribution < -0.4 is 0 Å². The van der Waals surface area contributed by atoms with E-state index in [1.165, 1.54) is 6.92 Å². The van der Waals surface area contributed by atoms with Gasteiger partial charge >= 0.3 is 0 Å². The monoisotopic (exact) mass is 140 g/mol. The first kappa shape index (κ1) is 7.86. The molecule has 48 valence electrons. The summed E-state index contributed by atoms with van der Waals surface area (Å²) in [5, 5.41) is 13.5. The molecule has 0 aliphatic rings. The highest BCUT2D eigenvalue weighted by Crippen LogP contribution is 2.02. The van der Waals surface area contributed by atoms with Crippen LogP contribution in [0.2, 0.25) is 0 Å². The Bertz CT molecular complexity index is 72.8. The van der Waals surface area contributed by atoms with Gasteiger partial charge in [0.2, 0.25) is 5.12 Å². The molecule has 8 heavy (non-hydrogen) atoms. The van der Waals surface area contributed by atoms with E-state index in [0.717, 1.165) is 0 Å². The lowest BCUT2D eigenvalue weighted by Crippen LogP contribution is -1.88. The van der Waals surface area contributed by atoms with Crippen molar-refractivity contribution in [2.24, 2.45) is 0 Å². The Morgan fingerprint density at radius 3 is 2.75 bits per heavy atom. The van der Waals surface area contributed by atoms with E-state index in [9.17, 15) is 4.79 Å². The van der Waals surface area contributed by atoms with Gasteiger partial charge in [0.15, 0.2) is 0 Å². The van der Waals surface area contributed by atoms with Crippen molar-refractivity contribution in [3.8, 4) is 0 Å². The molecule has 0 spiro atoms. The predicted octanol–water partition coefficient (Wildman–Crippen LogP) is 0.534. The molecule has 0 atom stereocenters. The summed E-state index contributed by atoms with van der Waals surface area (Å²) in [4.78, 5) is 9.94. The first-order valence-electron chi connectivity index (χ1n) is 1.59. The highest BCUT2D eigenvalue weighted by atomic mass is 32.2. The van der Waals surface area contributed by atoms with Gasteiger partial charge in [-0.2, -0.15) is 0 Å². The lowest BCUT2D eigenvalue weighted by molar-refractivity contribution is -0.591. The molecule has 0 unspecified atom stereocenters. The van der Waals surface area contributed by atoms with Crippen molar-refractivity contribution in [1.29, 1.82) is 0 Å². The summed E-state index contributed by atoms with van der Waals surface area (Å²) in [6.45, 7) is 1.27. The minimum Gasteiger partial charge on any atom is -0.285 e. The normalized spacial score (nSPS) is 9.25. The van der Waals surface area contributed by atoms with E-state index < -0.39 is 0 Å². The van der Waals surface area contributed by atoms with Gasteiger partial charge in [-0.1, -0.05) is 0 Å². The molecule has 0 aliphatic heterocycles. The van der Waals surface area contributed by atoms with Gasteiger partial charge in [-0.05, 0) is 10.1 Å². The summed E-state index contributed by atoms with van der Waals surface area (Å²) in [7, 11) is 0. The van der Waals surface area contributed by atoms with Crippen LogP contribution in [0.5, 0.6) is 0 Å². The third kappa shape index (κ3) is 5.86. The fourth-order valence-corrected chi connectivity index (χ4v) is 0.223. The number of rotatable bonds is 3. The molecule has 5 nitrogen and oxygen atoms in total. The zero-order valence-electron chi connectivity index (χ0n) is 3.99. The molecule has 0 aromatic carbocycles. The maximum absolute atomic E-state index is 9.94. The summed E-state index contributed by atoms with van der Waals surface area (Å²) in [5.74, 6) is 0. The molecule has 0 saturated heterocycles. The number of carbonyl (C=O) groups is 1. The molecule has 1 N–H and O–H groups in total. The van der Waals surface area contributed by atoms with Crippen molar-refractivity contribution >= 4 is 17.2 Å². The Morgan fingerprint density at radius 2 is 2.38 bits per heavy atom. The Kier molecular flexibility index (Phi) is 4.92. The van der Waals surface area contributed by atoms with Gasteiger partial charge in [-0.25, -0.2) is 5.26 Å². The molecule has 0 bridgehead atoms. The van der Waals surface area contributed by atoms with Crippen LogP contribution in [0.15, 0.2) is 0 Å². The Morgan fingerprint density at radius 1 is 1.75 bits per heavy atom. The van der Waals surface area contributed by atoms with Crippen LogP contribution in [0, 0.1) is 0 Å². The van der Waals surface area contributed by atoms with Gasteiger partial charge in [0, 0.05) is 6.92 Å². The van der Waals surface area contributed by atoms with Crippen LogP contribution in [0.25, 0.3) is 0 Å². The van der Waals surface area contributed by atoms with Crippen molar-refractivity contribution in [1.82, 2.24) is 0 Å². The molecule has 0 aromatic rings. The second-order valence-electron chi connectivity index (χ2n) is 0.786. The highest BCUT2D eigenvalue weighted by molar-refractivity contribution is 8.09. The zero-order valence-corrected chi connectivity index (χ0v) is 4.80. The van der Waals surface area contributed by atoms with E-state index in [1.807, 2.05) is 0 Å². The minimum atomic E-state index is -0.304. The average Bonchev–Trinajstić information content (AvgIpc) is 1.66. The maximum Gasteiger partial charge on any atom is 0.215 e. The molecule has 0 heterocycles. The molecule has 0 aromatic heterocycles. The van der Waals surface area contributed by atoms with E-state index in [1.54, 1.807) is 0 Å². The fourth-order valence-electron chi connectivity index (χ4n) is 0.0742. The standard InChI is InChI=1S/C2H4O5S/c1-2(3)8-7-6-5-4/h4H,1H3. The van der Waals surface area contributed by atoms with Crippen molar-refractivity contribution < 1.29 is 24.5 Å². The summed E-state index contributed by atoms with van der Waals surface area (Å²) >= 11 is 0.410. The summed E-state index contributed by atoms with van der Waals surface area (Å²) in [6.07, 6.45) is 0. The van der Waals surface area contributed by atoms with E-state index in [4.69, 9.17) is 5.26 Å². The molecule has 0 rings (SSSR count). The number of carbonyl (C=O) groups excluding carboxylic acids is 1. The summed E-state index contributed by atoms with van der Waals surface area (Å²) in [5.41, 5.74) is 0. The van der Waals surface area contributed by atoms with Crippen LogP contribution in [-0.4, -0.2) is 10.4 Å². The second-order valence-corrected chi connectivity index (χ2v) is 1.66. The molecule has 0 fully saturated rings. The van der Waals surface area contributed by atoms with Gasteiger partial charge in [0.05, 0.1) is 0 Å². The minimum absolute atomic E-state index is 0.304. The van der Waals surface area contributed by atoms with E-state index >= 15 is 0 Å². The van der Waals surface area contributed by atoms with E-state index in [2.05, 4.69) is 14.4 Å². The fraction of sp³-hybridized carbons (Fsp3) is 0.500. The van der Waals surface area contributed by atoms with Gasteiger partial charge in [0.25, 0.3) is 0 Å². The van der Waals surface area contributed by atoms with Crippen LogP contribution in [0.3, 0.4) is 0 Å². The predicted molar refractivity (Wildman–Crippen MR) is 24.2 cm³/mol. The Labute approximate surface area is 49.5 Å². The van der Waals surface area contributed by atoms with Gasteiger partial charge in [-0.3, -0.25) is 4.79 Å². The quantitative estimate of drug-likeness (QED) is 0.267. The lowest BCUT2D eigenvalue weighted by Gasteiger charge is -1.89. The topological polar surface area (TPSA) is 65.0 Å². The molecule has 0 radical (unpaired) electrons. The Balaban J connectivity index is 2.82. The summed E-state index contributed by atoms with van der Waals surface area (Å²) in [6, 6.07) is 0. The zero-order chi connectivity index (χ0) is 6.41. The first-order chi connectivity index (χ1) is 3.77. The SMILES string of the molecule is CC(=O)SOOOO. The molecule has 0 saturated carbocycles. The molecule has 0 amide bonds.